The molecule has 0 atom stereocenters. The summed E-state index contributed by atoms with van der Waals surface area (Å²) in [6.07, 6.45) is 1.90. The van der Waals surface area contributed by atoms with Crippen molar-refractivity contribution in [3.8, 4) is 0 Å². The number of hydrogen-bond donors (Lipinski definition) is 1. The van der Waals surface area contributed by atoms with E-state index in [9.17, 15) is 9.59 Å². The summed E-state index contributed by atoms with van der Waals surface area (Å²) >= 11 is 1.49. The van der Waals surface area contributed by atoms with Crippen molar-refractivity contribution < 1.29 is 14.3 Å². The van der Waals surface area contributed by atoms with Crippen molar-refractivity contribution in [1.82, 2.24) is 4.90 Å². The van der Waals surface area contributed by atoms with Crippen molar-refractivity contribution >= 4 is 28.2 Å². The number of benzene rings is 1. The fourth-order valence-electron chi connectivity index (χ4n) is 3.61. The topological polar surface area (TPSA) is 58.6 Å². The molecule has 0 saturated carbocycles. The first-order valence-electron chi connectivity index (χ1n) is 9.28. The Bertz CT molecular complexity index is 873. The van der Waals surface area contributed by atoms with Crippen LogP contribution in [0.5, 0.6) is 0 Å². The van der Waals surface area contributed by atoms with E-state index in [0.29, 0.717) is 16.1 Å². The molecule has 1 aliphatic heterocycles. The zero-order valence-electron chi connectivity index (χ0n) is 16.3. The third kappa shape index (κ3) is 4.06. The van der Waals surface area contributed by atoms with Gasteiger partial charge >= 0.3 is 5.97 Å². The normalized spacial score (nSPS) is 13.9. The lowest BCUT2D eigenvalue weighted by molar-refractivity contribution is 0.0600. The molecular weight excluding hydrogens is 360 g/mol. The smallest absolute Gasteiger partial charge is 0.341 e. The summed E-state index contributed by atoms with van der Waals surface area (Å²) in [4.78, 5) is 28.8. The van der Waals surface area contributed by atoms with E-state index in [0.717, 1.165) is 54.0 Å². The molecule has 0 bridgehead atoms. The van der Waals surface area contributed by atoms with Crippen molar-refractivity contribution in [3.63, 3.8) is 0 Å². The standard InChI is InChI=1S/C21H26N2O3S/c1-5-9-23-10-8-16-17(12-23)27-20(18(16)21(25)26-4)22-19(24)15-7-6-13(2)11-14(15)3/h6-7,11H,5,8-10,12H2,1-4H3,(H,22,24). The molecule has 1 amide bonds. The number of fused-ring (bicyclic) bond motifs is 1. The predicted octanol–water partition coefficient (Wildman–Crippen LogP) is 4.17. The number of rotatable bonds is 5. The van der Waals surface area contributed by atoms with Gasteiger partial charge in [0.2, 0.25) is 0 Å². The number of aryl methyl sites for hydroxylation is 2. The van der Waals surface area contributed by atoms with Crippen LogP contribution in [-0.4, -0.2) is 37.0 Å². The molecule has 27 heavy (non-hydrogen) atoms. The molecule has 1 N–H and O–H groups in total. The van der Waals surface area contributed by atoms with Gasteiger partial charge in [-0.05, 0) is 50.4 Å². The van der Waals surface area contributed by atoms with Crippen molar-refractivity contribution in [1.29, 1.82) is 0 Å². The Morgan fingerprint density at radius 1 is 1.30 bits per heavy atom. The van der Waals surface area contributed by atoms with Gasteiger partial charge in [0.1, 0.15) is 5.00 Å². The lowest BCUT2D eigenvalue weighted by Crippen LogP contribution is -2.30. The van der Waals surface area contributed by atoms with Crippen molar-refractivity contribution in [2.75, 3.05) is 25.5 Å². The van der Waals surface area contributed by atoms with Crippen LogP contribution < -0.4 is 5.32 Å². The van der Waals surface area contributed by atoms with Gasteiger partial charge < -0.3 is 10.1 Å². The average molecular weight is 387 g/mol. The Hall–Kier alpha value is -2.18. The first kappa shape index (κ1) is 19.6. The van der Waals surface area contributed by atoms with Gasteiger partial charge in [-0.3, -0.25) is 9.69 Å². The van der Waals surface area contributed by atoms with Crippen LogP contribution >= 0.6 is 11.3 Å². The van der Waals surface area contributed by atoms with E-state index in [1.807, 2.05) is 32.0 Å². The fourth-order valence-corrected chi connectivity index (χ4v) is 4.88. The minimum atomic E-state index is -0.382. The molecule has 144 valence electrons. The van der Waals surface area contributed by atoms with Gasteiger partial charge in [-0.2, -0.15) is 0 Å². The van der Waals surface area contributed by atoms with E-state index in [-0.39, 0.29) is 11.9 Å². The molecular formula is C21H26N2O3S. The summed E-state index contributed by atoms with van der Waals surface area (Å²) in [6, 6.07) is 5.73. The second-order valence-electron chi connectivity index (χ2n) is 7.00. The van der Waals surface area contributed by atoms with E-state index < -0.39 is 0 Å². The minimum Gasteiger partial charge on any atom is -0.465 e. The number of methoxy groups -OCH3 is 1. The molecule has 0 unspecified atom stereocenters. The van der Waals surface area contributed by atoms with E-state index in [4.69, 9.17) is 4.74 Å². The number of carbonyl (C=O) groups is 2. The monoisotopic (exact) mass is 386 g/mol. The zero-order chi connectivity index (χ0) is 19.6. The molecule has 0 aliphatic carbocycles. The van der Waals surface area contributed by atoms with Gasteiger partial charge in [-0.15, -0.1) is 11.3 Å². The maximum absolute atomic E-state index is 12.8. The van der Waals surface area contributed by atoms with E-state index in [2.05, 4.69) is 17.1 Å². The van der Waals surface area contributed by atoms with Crippen LogP contribution in [0.4, 0.5) is 5.00 Å². The van der Waals surface area contributed by atoms with Crippen molar-refractivity contribution in [2.24, 2.45) is 0 Å². The molecule has 5 nitrogen and oxygen atoms in total. The van der Waals surface area contributed by atoms with Gasteiger partial charge in [-0.1, -0.05) is 24.6 Å². The number of nitrogens with zero attached hydrogens (tertiary/aromatic N) is 1. The highest BCUT2D eigenvalue weighted by Crippen LogP contribution is 2.38. The Balaban J connectivity index is 1.92. The Morgan fingerprint density at radius 2 is 2.07 bits per heavy atom. The molecule has 0 spiro atoms. The van der Waals surface area contributed by atoms with Crippen LogP contribution in [0, 0.1) is 13.8 Å². The number of ether oxygens (including phenoxy) is 1. The van der Waals surface area contributed by atoms with Crippen LogP contribution in [0.3, 0.4) is 0 Å². The first-order chi connectivity index (χ1) is 12.9. The molecule has 0 saturated heterocycles. The molecule has 2 aromatic rings. The number of anilines is 1. The Labute approximate surface area is 164 Å². The molecule has 1 aromatic heterocycles. The largest absolute Gasteiger partial charge is 0.465 e. The van der Waals surface area contributed by atoms with Gasteiger partial charge in [0.25, 0.3) is 5.91 Å². The first-order valence-corrected chi connectivity index (χ1v) is 10.1. The summed E-state index contributed by atoms with van der Waals surface area (Å²) in [6.45, 7) is 8.86. The SMILES string of the molecule is CCCN1CCc2c(sc(NC(=O)c3ccc(C)cc3C)c2C(=O)OC)C1. The average Bonchev–Trinajstić information content (AvgIpc) is 2.98. The van der Waals surface area contributed by atoms with Gasteiger partial charge in [0, 0.05) is 23.5 Å². The minimum absolute atomic E-state index is 0.193. The predicted molar refractivity (Wildman–Crippen MR) is 109 cm³/mol. The van der Waals surface area contributed by atoms with Gasteiger partial charge in [0.05, 0.1) is 12.7 Å². The molecule has 1 aromatic carbocycles. The molecule has 3 rings (SSSR count). The maximum Gasteiger partial charge on any atom is 0.341 e. The number of carbonyl (C=O) groups excluding carboxylic acids is 2. The maximum atomic E-state index is 12.8. The molecule has 0 fully saturated rings. The summed E-state index contributed by atoms with van der Waals surface area (Å²) in [5.74, 6) is -0.575. The summed E-state index contributed by atoms with van der Waals surface area (Å²) < 4.78 is 5.01. The lowest BCUT2D eigenvalue weighted by Gasteiger charge is -2.26. The number of amides is 1. The Morgan fingerprint density at radius 3 is 2.74 bits per heavy atom. The number of esters is 1. The summed E-state index contributed by atoms with van der Waals surface area (Å²) in [5, 5.41) is 3.56. The van der Waals surface area contributed by atoms with Crippen LogP contribution in [0.15, 0.2) is 18.2 Å². The van der Waals surface area contributed by atoms with Crippen LogP contribution in [0.25, 0.3) is 0 Å². The van der Waals surface area contributed by atoms with E-state index in [1.165, 1.54) is 18.4 Å². The molecule has 6 heteroatoms. The second kappa shape index (κ2) is 8.23. The zero-order valence-corrected chi connectivity index (χ0v) is 17.2. The van der Waals surface area contributed by atoms with Gasteiger partial charge in [-0.25, -0.2) is 4.79 Å². The van der Waals surface area contributed by atoms with Crippen LogP contribution in [0.2, 0.25) is 0 Å². The summed E-state index contributed by atoms with van der Waals surface area (Å²) in [5.41, 5.74) is 4.20. The number of hydrogen-bond acceptors (Lipinski definition) is 5. The van der Waals surface area contributed by atoms with Crippen LogP contribution in [0.1, 0.15) is 55.6 Å². The van der Waals surface area contributed by atoms with Crippen LogP contribution in [-0.2, 0) is 17.7 Å². The quantitative estimate of drug-likeness (QED) is 0.784. The van der Waals surface area contributed by atoms with E-state index >= 15 is 0 Å². The number of thiophene rings is 1. The third-order valence-electron chi connectivity index (χ3n) is 4.92. The third-order valence-corrected chi connectivity index (χ3v) is 6.05. The molecule has 1 aliphatic rings. The summed E-state index contributed by atoms with van der Waals surface area (Å²) in [7, 11) is 1.38. The highest BCUT2D eigenvalue weighted by atomic mass is 32.1. The van der Waals surface area contributed by atoms with E-state index in [1.54, 1.807) is 0 Å². The lowest BCUT2D eigenvalue weighted by atomic mass is 10.0. The molecule has 0 radical (unpaired) electrons. The van der Waals surface area contributed by atoms with Crippen molar-refractivity contribution in [2.45, 2.75) is 40.2 Å². The van der Waals surface area contributed by atoms with Gasteiger partial charge in [0.15, 0.2) is 0 Å². The molecule has 2 heterocycles. The fraction of sp³-hybridized carbons (Fsp3) is 0.429. The number of nitrogens with one attached hydrogen (secondary N) is 1. The second-order valence-corrected chi connectivity index (χ2v) is 8.10. The van der Waals surface area contributed by atoms with Crippen molar-refractivity contribution in [3.05, 3.63) is 50.9 Å². The highest BCUT2D eigenvalue weighted by molar-refractivity contribution is 7.17. The Kier molecular flexibility index (Phi) is 5.97. The highest BCUT2D eigenvalue weighted by Gasteiger charge is 2.29.